The molecule has 2 aromatic carbocycles. The number of ketones is 1. The van der Waals surface area contributed by atoms with Crippen molar-refractivity contribution < 1.29 is 14.3 Å². The Morgan fingerprint density at radius 2 is 1.79 bits per heavy atom. The van der Waals surface area contributed by atoms with Crippen LogP contribution in [0.15, 0.2) is 64.3 Å². The lowest BCUT2D eigenvalue weighted by Crippen LogP contribution is -2.16. The Balaban J connectivity index is 1.61. The Morgan fingerprint density at radius 3 is 2.45 bits per heavy atom. The van der Waals surface area contributed by atoms with E-state index in [0.717, 1.165) is 16.2 Å². The zero-order valence-corrected chi connectivity index (χ0v) is 18.3. The Kier molecular flexibility index (Phi) is 6.87. The first-order valence-electron chi connectivity index (χ1n) is 9.24. The molecule has 0 bridgehead atoms. The molecule has 0 aliphatic rings. The number of rotatable bonds is 7. The molecule has 0 fully saturated rings. The highest BCUT2D eigenvalue weighted by atomic mass is 32.2. The lowest BCUT2D eigenvalue weighted by atomic mass is 9.86. The summed E-state index contributed by atoms with van der Waals surface area (Å²) in [5.41, 5.74) is 4.93. The highest BCUT2D eigenvalue weighted by molar-refractivity contribution is 7.98. The van der Waals surface area contributed by atoms with Crippen LogP contribution in [0.2, 0.25) is 0 Å². The van der Waals surface area contributed by atoms with Crippen LogP contribution in [0, 0.1) is 0 Å². The summed E-state index contributed by atoms with van der Waals surface area (Å²) in [5, 5.41) is 1.98. The summed E-state index contributed by atoms with van der Waals surface area (Å²) >= 11 is 3.07. The van der Waals surface area contributed by atoms with Crippen LogP contribution in [0.5, 0.6) is 0 Å². The molecule has 0 amide bonds. The second-order valence-electron chi connectivity index (χ2n) is 7.59. The van der Waals surface area contributed by atoms with Gasteiger partial charge in [0.25, 0.3) is 0 Å². The van der Waals surface area contributed by atoms with E-state index in [0.29, 0.717) is 16.9 Å². The first kappa shape index (κ1) is 21.3. The second-order valence-corrected chi connectivity index (χ2v) is 9.33. The van der Waals surface area contributed by atoms with Crippen molar-refractivity contribution in [3.63, 3.8) is 0 Å². The molecule has 0 aliphatic heterocycles. The topological polar surface area (TPSA) is 56.3 Å². The number of hydrogen-bond donors (Lipinski definition) is 0. The highest BCUT2D eigenvalue weighted by Gasteiger charge is 2.17. The molecule has 150 valence electrons. The van der Waals surface area contributed by atoms with Gasteiger partial charge in [-0.3, -0.25) is 4.79 Å². The van der Waals surface area contributed by atoms with Gasteiger partial charge in [0.2, 0.25) is 0 Å². The van der Waals surface area contributed by atoms with Gasteiger partial charge < -0.3 is 4.74 Å². The van der Waals surface area contributed by atoms with E-state index in [4.69, 9.17) is 4.74 Å². The molecule has 1 aromatic heterocycles. The van der Waals surface area contributed by atoms with Gasteiger partial charge in [-0.2, -0.15) is 0 Å². The zero-order valence-electron chi connectivity index (χ0n) is 16.7. The minimum atomic E-state index is -0.494. The van der Waals surface area contributed by atoms with Crippen LogP contribution in [0.3, 0.4) is 0 Å². The van der Waals surface area contributed by atoms with Crippen LogP contribution in [0.4, 0.5) is 0 Å². The fraction of sp³-hybridized carbons (Fsp3) is 0.261. The normalized spacial score (nSPS) is 11.3. The van der Waals surface area contributed by atoms with E-state index >= 15 is 0 Å². The Morgan fingerprint density at radius 1 is 1.07 bits per heavy atom. The van der Waals surface area contributed by atoms with Crippen molar-refractivity contribution in [2.24, 2.45) is 0 Å². The molecule has 0 spiro atoms. The molecule has 0 radical (unpaired) electrons. The summed E-state index contributed by atoms with van der Waals surface area (Å²) in [4.78, 5) is 30.0. The minimum absolute atomic E-state index is 0.0218. The molecule has 0 unspecified atom stereocenters. The highest BCUT2D eigenvalue weighted by Crippen LogP contribution is 2.27. The summed E-state index contributed by atoms with van der Waals surface area (Å²) in [7, 11) is 0. The van der Waals surface area contributed by atoms with E-state index in [-0.39, 0.29) is 17.8 Å². The van der Waals surface area contributed by atoms with Crippen molar-refractivity contribution in [3.05, 3.63) is 81.8 Å². The standard InChI is InChI=1S/C23H23NO3S2/c1-23(2,3)17-10-8-16(9-11-17)20(25)12-27-22(26)19-6-4-5-7-21(19)29-14-18-13-28-15-24-18/h4-11,13,15H,12,14H2,1-3H3. The lowest BCUT2D eigenvalue weighted by Gasteiger charge is -2.19. The van der Waals surface area contributed by atoms with Crippen molar-refractivity contribution in [2.75, 3.05) is 6.61 Å². The number of Topliss-reactive ketones (excluding diaryl/α,β-unsaturated/α-hetero) is 1. The number of thioether (sulfide) groups is 1. The van der Waals surface area contributed by atoms with E-state index in [9.17, 15) is 9.59 Å². The maximum absolute atomic E-state index is 12.5. The van der Waals surface area contributed by atoms with Crippen molar-refractivity contribution in [2.45, 2.75) is 36.8 Å². The predicted molar refractivity (Wildman–Crippen MR) is 118 cm³/mol. The van der Waals surface area contributed by atoms with Gasteiger partial charge in [-0.05, 0) is 23.1 Å². The van der Waals surface area contributed by atoms with Crippen LogP contribution in [-0.2, 0) is 15.9 Å². The number of carbonyl (C=O) groups is 2. The fourth-order valence-electron chi connectivity index (χ4n) is 2.67. The molecular weight excluding hydrogens is 402 g/mol. The molecule has 0 saturated heterocycles. The molecule has 0 atom stereocenters. The molecule has 29 heavy (non-hydrogen) atoms. The van der Waals surface area contributed by atoms with E-state index < -0.39 is 5.97 Å². The maximum atomic E-state index is 12.5. The third kappa shape index (κ3) is 5.78. The summed E-state index contributed by atoms with van der Waals surface area (Å²) < 4.78 is 5.30. The number of carbonyl (C=O) groups excluding carboxylic acids is 2. The third-order valence-corrected chi connectivity index (χ3v) is 6.12. The minimum Gasteiger partial charge on any atom is -0.454 e. The zero-order chi connectivity index (χ0) is 20.9. The molecule has 1 heterocycles. The Labute approximate surface area is 179 Å². The number of hydrogen-bond acceptors (Lipinski definition) is 6. The number of thiazole rings is 1. The quantitative estimate of drug-likeness (QED) is 0.273. The van der Waals surface area contributed by atoms with Crippen molar-refractivity contribution >= 4 is 34.9 Å². The SMILES string of the molecule is CC(C)(C)c1ccc(C(=O)COC(=O)c2ccccc2SCc2cscn2)cc1. The summed E-state index contributed by atoms with van der Waals surface area (Å²) in [5.74, 6) is -0.0372. The molecule has 4 nitrogen and oxygen atoms in total. The molecule has 6 heteroatoms. The van der Waals surface area contributed by atoms with Gasteiger partial charge >= 0.3 is 5.97 Å². The van der Waals surface area contributed by atoms with Crippen LogP contribution >= 0.6 is 23.1 Å². The molecule has 0 aliphatic carbocycles. The van der Waals surface area contributed by atoms with Crippen LogP contribution < -0.4 is 0 Å². The number of esters is 1. The van der Waals surface area contributed by atoms with Gasteiger partial charge in [0.05, 0.1) is 16.8 Å². The van der Waals surface area contributed by atoms with Gasteiger partial charge in [-0.15, -0.1) is 23.1 Å². The number of ether oxygens (including phenoxy) is 1. The fourth-order valence-corrected chi connectivity index (χ4v) is 4.28. The van der Waals surface area contributed by atoms with Gasteiger partial charge in [-0.1, -0.05) is 57.2 Å². The van der Waals surface area contributed by atoms with Crippen molar-refractivity contribution in [1.82, 2.24) is 4.98 Å². The third-order valence-electron chi connectivity index (χ3n) is 4.37. The Hall–Kier alpha value is -2.44. The second kappa shape index (κ2) is 9.37. The van der Waals surface area contributed by atoms with E-state index in [1.165, 1.54) is 11.8 Å². The van der Waals surface area contributed by atoms with Gasteiger partial charge in [0, 0.05) is 21.6 Å². The lowest BCUT2D eigenvalue weighted by molar-refractivity contribution is 0.0471. The van der Waals surface area contributed by atoms with E-state index in [2.05, 4.69) is 25.8 Å². The first-order valence-corrected chi connectivity index (χ1v) is 11.2. The van der Waals surface area contributed by atoms with E-state index in [1.54, 1.807) is 41.1 Å². The van der Waals surface area contributed by atoms with Crippen molar-refractivity contribution in [3.8, 4) is 0 Å². The van der Waals surface area contributed by atoms with Gasteiger partial charge in [-0.25, -0.2) is 9.78 Å². The average Bonchev–Trinajstić information content (AvgIpc) is 3.23. The van der Waals surface area contributed by atoms with Crippen molar-refractivity contribution in [1.29, 1.82) is 0 Å². The van der Waals surface area contributed by atoms with Crippen LogP contribution in [0.1, 0.15) is 52.7 Å². The number of aromatic nitrogens is 1. The van der Waals surface area contributed by atoms with Gasteiger partial charge in [0.1, 0.15) is 0 Å². The van der Waals surface area contributed by atoms with Crippen LogP contribution in [0.25, 0.3) is 0 Å². The first-order chi connectivity index (χ1) is 13.8. The molecule has 0 saturated carbocycles. The summed E-state index contributed by atoms with van der Waals surface area (Å²) in [6, 6.07) is 14.7. The number of nitrogens with zero attached hydrogens (tertiary/aromatic N) is 1. The van der Waals surface area contributed by atoms with Crippen LogP contribution in [-0.4, -0.2) is 23.3 Å². The molecule has 3 rings (SSSR count). The largest absolute Gasteiger partial charge is 0.454 e. The summed E-state index contributed by atoms with van der Waals surface area (Å²) in [6.07, 6.45) is 0. The Bertz CT molecular complexity index is 974. The smallest absolute Gasteiger partial charge is 0.339 e. The monoisotopic (exact) mass is 425 g/mol. The molecule has 0 N–H and O–H groups in total. The van der Waals surface area contributed by atoms with Gasteiger partial charge in [0.15, 0.2) is 12.4 Å². The maximum Gasteiger partial charge on any atom is 0.339 e. The number of benzene rings is 2. The molecule has 3 aromatic rings. The molecular formula is C23H23NO3S2. The van der Waals surface area contributed by atoms with E-state index in [1.807, 2.05) is 29.6 Å². The average molecular weight is 426 g/mol. The summed E-state index contributed by atoms with van der Waals surface area (Å²) in [6.45, 7) is 6.08. The predicted octanol–water partition coefficient (Wildman–Crippen LogP) is 5.77.